The van der Waals surface area contributed by atoms with Gasteiger partial charge in [0.1, 0.15) is 0 Å². The van der Waals surface area contributed by atoms with E-state index < -0.39 is 5.97 Å². The molecule has 1 aliphatic carbocycles. The summed E-state index contributed by atoms with van der Waals surface area (Å²) in [4.78, 5) is 11.4. The van der Waals surface area contributed by atoms with Crippen LogP contribution in [0.3, 0.4) is 0 Å². The molecule has 1 aromatic rings. The van der Waals surface area contributed by atoms with Crippen molar-refractivity contribution < 1.29 is 9.90 Å². The Balaban J connectivity index is 2.08. The number of hydrogen-bond donors (Lipinski definition) is 2. The standard InChI is InChI=1S/C16H23NO2/c17-10-4-8-14(16(18)19)11-13-7-3-6-12-5-1-2-9-15(12)13/h1-2,5,9,13-14H,3-4,6-8,10-11,17H2,(H,18,19). The minimum Gasteiger partial charge on any atom is -0.481 e. The maximum absolute atomic E-state index is 11.4. The van der Waals surface area contributed by atoms with Gasteiger partial charge in [-0.1, -0.05) is 24.3 Å². The summed E-state index contributed by atoms with van der Waals surface area (Å²) in [7, 11) is 0. The Hall–Kier alpha value is -1.35. The molecule has 0 aliphatic heterocycles. The summed E-state index contributed by atoms with van der Waals surface area (Å²) in [5.41, 5.74) is 8.27. The molecule has 0 saturated heterocycles. The first kappa shape index (κ1) is 14.1. The lowest BCUT2D eigenvalue weighted by molar-refractivity contribution is -0.142. The van der Waals surface area contributed by atoms with E-state index in [0.717, 1.165) is 25.7 Å². The van der Waals surface area contributed by atoms with Gasteiger partial charge in [0.15, 0.2) is 0 Å². The molecule has 3 N–H and O–H groups in total. The Morgan fingerprint density at radius 2 is 2.21 bits per heavy atom. The fraction of sp³-hybridized carbons (Fsp3) is 0.562. The molecule has 19 heavy (non-hydrogen) atoms. The molecule has 2 unspecified atom stereocenters. The van der Waals surface area contributed by atoms with Crippen molar-refractivity contribution in [3.05, 3.63) is 35.4 Å². The van der Waals surface area contributed by atoms with Gasteiger partial charge in [0.05, 0.1) is 5.92 Å². The van der Waals surface area contributed by atoms with Crippen LogP contribution in [0.5, 0.6) is 0 Å². The number of carboxylic acids is 1. The zero-order valence-electron chi connectivity index (χ0n) is 11.3. The topological polar surface area (TPSA) is 63.3 Å². The summed E-state index contributed by atoms with van der Waals surface area (Å²) < 4.78 is 0. The van der Waals surface area contributed by atoms with Crippen molar-refractivity contribution in [3.8, 4) is 0 Å². The second kappa shape index (κ2) is 6.71. The molecular weight excluding hydrogens is 238 g/mol. The molecule has 0 radical (unpaired) electrons. The lowest BCUT2D eigenvalue weighted by Gasteiger charge is -2.27. The molecule has 2 rings (SSSR count). The van der Waals surface area contributed by atoms with Crippen molar-refractivity contribution in [1.29, 1.82) is 0 Å². The van der Waals surface area contributed by atoms with Gasteiger partial charge in [0, 0.05) is 0 Å². The van der Waals surface area contributed by atoms with E-state index in [1.165, 1.54) is 17.5 Å². The van der Waals surface area contributed by atoms with Gasteiger partial charge in [-0.3, -0.25) is 4.79 Å². The van der Waals surface area contributed by atoms with Gasteiger partial charge in [-0.15, -0.1) is 0 Å². The van der Waals surface area contributed by atoms with Crippen molar-refractivity contribution in [3.63, 3.8) is 0 Å². The molecule has 1 aliphatic rings. The molecule has 0 saturated carbocycles. The van der Waals surface area contributed by atoms with Crippen LogP contribution in [-0.4, -0.2) is 17.6 Å². The van der Waals surface area contributed by atoms with Crippen LogP contribution >= 0.6 is 0 Å². The molecular formula is C16H23NO2. The maximum atomic E-state index is 11.4. The predicted octanol–water partition coefficient (Wildman–Crippen LogP) is 2.94. The molecule has 1 aromatic carbocycles. The van der Waals surface area contributed by atoms with Crippen LogP contribution in [0.25, 0.3) is 0 Å². The number of fused-ring (bicyclic) bond motifs is 1. The van der Waals surface area contributed by atoms with Crippen molar-refractivity contribution in [2.45, 2.75) is 44.4 Å². The Morgan fingerprint density at radius 3 is 2.95 bits per heavy atom. The van der Waals surface area contributed by atoms with Gasteiger partial charge in [-0.2, -0.15) is 0 Å². The van der Waals surface area contributed by atoms with E-state index in [1.807, 2.05) is 0 Å². The van der Waals surface area contributed by atoms with Crippen LogP contribution in [-0.2, 0) is 11.2 Å². The summed E-state index contributed by atoms with van der Waals surface area (Å²) >= 11 is 0. The highest BCUT2D eigenvalue weighted by Crippen LogP contribution is 2.36. The zero-order chi connectivity index (χ0) is 13.7. The average Bonchev–Trinajstić information content (AvgIpc) is 2.43. The van der Waals surface area contributed by atoms with E-state index in [1.54, 1.807) is 0 Å². The summed E-state index contributed by atoms with van der Waals surface area (Å²) in [5.74, 6) is -0.514. The number of nitrogens with two attached hydrogens (primary N) is 1. The molecule has 3 heteroatoms. The van der Waals surface area contributed by atoms with Gasteiger partial charge in [-0.05, 0) is 62.1 Å². The number of carboxylic acid groups (broad SMARTS) is 1. The summed E-state index contributed by atoms with van der Waals surface area (Å²) in [6.07, 6.45) is 5.67. The predicted molar refractivity (Wildman–Crippen MR) is 76.2 cm³/mol. The molecule has 0 bridgehead atoms. The zero-order valence-corrected chi connectivity index (χ0v) is 11.3. The second-order valence-electron chi connectivity index (χ2n) is 5.49. The van der Waals surface area contributed by atoms with Crippen LogP contribution in [0.4, 0.5) is 0 Å². The Bertz CT molecular complexity index is 431. The van der Waals surface area contributed by atoms with Gasteiger partial charge in [0.25, 0.3) is 0 Å². The highest BCUT2D eigenvalue weighted by Gasteiger charge is 2.26. The number of aryl methyl sites for hydroxylation is 1. The minimum atomic E-state index is -0.670. The fourth-order valence-corrected chi connectivity index (χ4v) is 3.15. The van der Waals surface area contributed by atoms with Gasteiger partial charge < -0.3 is 10.8 Å². The van der Waals surface area contributed by atoms with Crippen molar-refractivity contribution in [1.82, 2.24) is 0 Å². The third-order valence-corrected chi connectivity index (χ3v) is 4.17. The summed E-state index contributed by atoms with van der Waals surface area (Å²) in [6.45, 7) is 0.574. The van der Waals surface area contributed by atoms with Gasteiger partial charge >= 0.3 is 5.97 Å². The molecule has 104 valence electrons. The molecule has 0 fully saturated rings. The van der Waals surface area contributed by atoms with Crippen LogP contribution in [0.1, 0.15) is 49.1 Å². The summed E-state index contributed by atoms with van der Waals surface area (Å²) in [5, 5.41) is 9.34. The number of hydrogen-bond acceptors (Lipinski definition) is 2. The van der Waals surface area contributed by atoms with E-state index in [4.69, 9.17) is 5.73 Å². The van der Waals surface area contributed by atoms with Crippen LogP contribution < -0.4 is 5.73 Å². The Morgan fingerprint density at radius 1 is 1.42 bits per heavy atom. The van der Waals surface area contributed by atoms with Crippen LogP contribution in [0, 0.1) is 5.92 Å². The normalized spacial score (nSPS) is 19.7. The minimum absolute atomic E-state index is 0.250. The fourth-order valence-electron chi connectivity index (χ4n) is 3.15. The van der Waals surface area contributed by atoms with Gasteiger partial charge in [0.2, 0.25) is 0 Å². The van der Waals surface area contributed by atoms with E-state index in [-0.39, 0.29) is 5.92 Å². The lowest BCUT2D eigenvalue weighted by Crippen LogP contribution is -2.20. The van der Waals surface area contributed by atoms with E-state index in [9.17, 15) is 9.90 Å². The number of rotatable bonds is 6. The van der Waals surface area contributed by atoms with Crippen molar-refractivity contribution in [2.24, 2.45) is 11.7 Å². The van der Waals surface area contributed by atoms with Crippen molar-refractivity contribution in [2.75, 3.05) is 6.54 Å². The molecule has 0 spiro atoms. The Kier molecular flexibility index (Phi) is 4.97. The number of carbonyl (C=O) groups is 1. The Labute approximate surface area is 114 Å². The third-order valence-electron chi connectivity index (χ3n) is 4.17. The molecule has 0 heterocycles. The highest BCUT2D eigenvalue weighted by atomic mass is 16.4. The largest absolute Gasteiger partial charge is 0.481 e. The van der Waals surface area contributed by atoms with Gasteiger partial charge in [-0.25, -0.2) is 0 Å². The second-order valence-corrected chi connectivity index (χ2v) is 5.49. The van der Waals surface area contributed by atoms with E-state index in [2.05, 4.69) is 24.3 Å². The first-order chi connectivity index (χ1) is 9.22. The SMILES string of the molecule is NCCCC(CC1CCCc2ccccc21)C(=O)O. The number of benzene rings is 1. The molecule has 2 atom stereocenters. The average molecular weight is 261 g/mol. The van der Waals surface area contributed by atoms with E-state index in [0.29, 0.717) is 18.9 Å². The lowest BCUT2D eigenvalue weighted by atomic mass is 9.77. The first-order valence-corrected chi connectivity index (χ1v) is 7.23. The quantitative estimate of drug-likeness (QED) is 0.827. The highest BCUT2D eigenvalue weighted by molar-refractivity contribution is 5.70. The third kappa shape index (κ3) is 3.57. The number of aliphatic carboxylic acids is 1. The van der Waals surface area contributed by atoms with E-state index >= 15 is 0 Å². The molecule has 0 amide bonds. The van der Waals surface area contributed by atoms with Crippen LogP contribution in [0.2, 0.25) is 0 Å². The smallest absolute Gasteiger partial charge is 0.306 e. The molecule has 0 aromatic heterocycles. The van der Waals surface area contributed by atoms with Crippen molar-refractivity contribution >= 4 is 5.97 Å². The maximum Gasteiger partial charge on any atom is 0.306 e. The summed E-state index contributed by atoms with van der Waals surface area (Å²) in [6, 6.07) is 8.48. The molecule has 3 nitrogen and oxygen atoms in total. The van der Waals surface area contributed by atoms with Crippen LogP contribution in [0.15, 0.2) is 24.3 Å². The monoisotopic (exact) mass is 261 g/mol. The first-order valence-electron chi connectivity index (χ1n) is 7.23.